The number of benzene rings is 2. The number of methoxy groups -OCH3 is 1. The van der Waals surface area contributed by atoms with Crippen LogP contribution in [0.3, 0.4) is 0 Å². The Kier molecular flexibility index (Phi) is 5.36. The van der Waals surface area contributed by atoms with Crippen molar-refractivity contribution in [1.29, 1.82) is 0 Å². The lowest BCUT2D eigenvalue weighted by atomic mass is 10.2. The van der Waals surface area contributed by atoms with E-state index < -0.39 is 0 Å². The lowest BCUT2D eigenvalue weighted by Gasteiger charge is -2.05. The third-order valence-electron chi connectivity index (χ3n) is 3.91. The molecular formula is C20H14BrClN2O4. The van der Waals surface area contributed by atoms with E-state index in [0.29, 0.717) is 33.7 Å². The smallest absolute Gasteiger partial charge is 0.293 e. The van der Waals surface area contributed by atoms with E-state index in [4.69, 9.17) is 30.0 Å². The fraction of sp³-hybridized carbons (Fsp3) is 0.100. The first-order valence-corrected chi connectivity index (χ1v) is 9.45. The van der Waals surface area contributed by atoms with E-state index in [1.807, 2.05) is 24.3 Å². The molecule has 6 nitrogen and oxygen atoms in total. The third kappa shape index (κ3) is 3.90. The lowest BCUT2D eigenvalue weighted by Crippen LogP contribution is -1.94. The van der Waals surface area contributed by atoms with Crippen molar-refractivity contribution >= 4 is 27.5 Å². The average Bonchev–Trinajstić information content (AvgIpc) is 3.37. The van der Waals surface area contributed by atoms with Gasteiger partial charge < -0.3 is 18.4 Å². The van der Waals surface area contributed by atoms with E-state index in [2.05, 4.69) is 26.1 Å². The lowest BCUT2D eigenvalue weighted by molar-refractivity contribution is 0.269. The van der Waals surface area contributed by atoms with E-state index in [9.17, 15) is 0 Å². The number of furan rings is 1. The summed E-state index contributed by atoms with van der Waals surface area (Å²) in [7, 11) is 1.57. The molecule has 0 unspecified atom stereocenters. The molecule has 0 bridgehead atoms. The predicted octanol–water partition coefficient (Wildman–Crippen LogP) is 6.00. The summed E-state index contributed by atoms with van der Waals surface area (Å²) in [6.07, 6.45) is 0. The highest BCUT2D eigenvalue weighted by Crippen LogP contribution is 2.32. The molecule has 28 heavy (non-hydrogen) atoms. The number of aromatic nitrogens is 2. The number of ether oxygens (including phenoxy) is 2. The second kappa shape index (κ2) is 8.08. The molecule has 0 saturated heterocycles. The molecule has 2 aromatic heterocycles. The summed E-state index contributed by atoms with van der Waals surface area (Å²) in [5, 5.41) is 4.55. The molecule has 0 saturated carbocycles. The summed E-state index contributed by atoms with van der Waals surface area (Å²) in [6.45, 7) is 0.270. The molecule has 0 amide bonds. The maximum atomic E-state index is 6.07. The molecule has 0 atom stereocenters. The summed E-state index contributed by atoms with van der Waals surface area (Å²) < 4.78 is 23.1. The summed E-state index contributed by atoms with van der Waals surface area (Å²) in [6, 6.07) is 16.4. The molecule has 4 rings (SSSR count). The number of hydrogen-bond acceptors (Lipinski definition) is 6. The van der Waals surface area contributed by atoms with Crippen LogP contribution < -0.4 is 9.47 Å². The first kappa shape index (κ1) is 18.6. The highest BCUT2D eigenvalue weighted by molar-refractivity contribution is 9.10. The zero-order chi connectivity index (χ0) is 19.5. The summed E-state index contributed by atoms with van der Waals surface area (Å²) in [5.74, 6) is 3.02. The Morgan fingerprint density at radius 1 is 1.07 bits per heavy atom. The zero-order valence-corrected chi connectivity index (χ0v) is 17.0. The minimum atomic E-state index is 0.254. The van der Waals surface area contributed by atoms with E-state index in [-0.39, 0.29) is 12.5 Å². The normalized spacial score (nSPS) is 10.8. The summed E-state index contributed by atoms with van der Waals surface area (Å²) in [4.78, 5) is 4.39. The SMILES string of the molecule is COc1ccc(Cl)cc1-c1noc(-c2ccc(COc3ccccc3Br)o2)n1. The molecule has 8 heteroatoms. The van der Waals surface area contributed by atoms with Crippen molar-refractivity contribution < 1.29 is 18.4 Å². The van der Waals surface area contributed by atoms with Gasteiger partial charge in [0.2, 0.25) is 5.82 Å². The maximum Gasteiger partial charge on any atom is 0.293 e. The van der Waals surface area contributed by atoms with Gasteiger partial charge in [0.25, 0.3) is 5.89 Å². The number of halogens is 2. The van der Waals surface area contributed by atoms with Crippen LogP contribution in [0.25, 0.3) is 23.0 Å². The van der Waals surface area contributed by atoms with E-state index >= 15 is 0 Å². The fourth-order valence-corrected chi connectivity index (χ4v) is 3.14. The third-order valence-corrected chi connectivity index (χ3v) is 4.80. The Bertz CT molecular complexity index is 1110. The van der Waals surface area contributed by atoms with E-state index in [1.54, 1.807) is 37.4 Å². The Hall–Kier alpha value is -2.77. The van der Waals surface area contributed by atoms with Gasteiger partial charge in [-0.1, -0.05) is 28.9 Å². The molecule has 0 aliphatic heterocycles. The van der Waals surface area contributed by atoms with Crippen LogP contribution in [0.5, 0.6) is 11.5 Å². The highest BCUT2D eigenvalue weighted by atomic mass is 79.9. The Morgan fingerprint density at radius 2 is 1.93 bits per heavy atom. The number of hydrogen-bond donors (Lipinski definition) is 0. The Balaban J connectivity index is 1.52. The molecule has 0 fully saturated rings. The van der Waals surface area contributed by atoms with Crippen LogP contribution in [0.2, 0.25) is 5.02 Å². The molecule has 4 aromatic rings. The van der Waals surface area contributed by atoms with Crippen molar-refractivity contribution in [2.75, 3.05) is 7.11 Å². The van der Waals surface area contributed by atoms with Crippen molar-refractivity contribution in [3.8, 4) is 34.5 Å². The molecule has 0 radical (unpaired) electrons. The van der Waals surface area contributed by atoms with Gasteiger partial charge in [-0.3, -0.25) is 0 Å². The molecule has 0 spiro atoms. The summed E-state index contributed by atoms with van der Waals surface area (Å²) >= 11 is 9.51. The minimum Gasteiger partial charge on any atom is -0.496 e. The van der Waals surface area contributed by atoms with Crippen LogP contribution in [0.15, 0.2) is 68.0 Å². The number of nitrogens with zero attached hydrogens (tertiary/aromatic N) is 2. The van der Waals surface area contributed by atoms with Gasteiger partial charge in [-0.15, -0.1) is 0 Å². The van der Waals surface area contributed by atoms with Gasteiger partial charge >= 0.3 is 0 Å². The van der Waals surface area contributed by atoms with Gasteiger partial charge in [-0.25, -0.2) is 0 Å². The standard InChI is InChI=1S/C20H14BrClN2O4/c1-25-16-8-6-12(22)10-14(16)19-23-20(28-24-19)18-9-7-13(27-18)11-26-17-5-3-2-4-15(17)21/h2-10H,11H2,1H3. The van der Waals surface area contributed by atoms with E-state index in [1.165, 1.54) is 0 Å². The van der Waals surface area contributed by atoms with Gasteiger partial charge in [-0.2, -0.15) is 4.98 Å². The van der Waals surface area contributed by atoms with Crippen LogP contribution in [0, 0.1) is 0 Å². The molecule has 0 aliphatic rings. The molecule has 0 aliphatic carbocycles. The van der Waals surface area contributed by atoms with Crippen molar-refractivity contribution in [3.63, 3.8) is 0 Å². The predicted molar refractivity (Wildman–Crippen MR) is 107 cm³/mol. The Morgan fingerprint density at radius 3 is 2.75 bits per heavy atom. The van der Waals surface area contributed by atoms with Crippen molar-refractivity contribution in [3.05, 3.63) is 69.9 Å². The van der Waals surface area contributed by atoms with Crippen LogP contribution in [-0.2, 0) is 6.61 Å². The van der Waals surface area contributed by atoms with Crippen LogP contribution in [-0.4, -0.2) is 17.3 Å². The van der Waals surface area contributed by atoms with Gasteiger partial charge in [0.15, 0.2) is 5.76 Å². The van der Waals surface area contributed by atoms with Gasteiger partial charge in [0.1, 0.15) is 23.9 Å². The number of rotatable bonds is 6. The van der Waals surface area contributed by atoms with Crippen LogP contribution in [0.4, 0.5) is 0 Å². The molecule has 142 valence electrons. The number of para-hydroxylation sites is 1. The molecule has 2 aromatic carbocycles. The van der Waals surface area contributed by atoms with Gasteiger partial charge in [0.05, 0.1) is 17.1 Å². The largest absolute Gasteiger partial charge is 0.496 e. The second-order valence-electron chi connectivity index (χ2n) is 5.75. The van der Waals surface area contributed by atoms with E-state index in [0.717, 1.165) is 10.2 Å². The van der Waals surface area contributed by atoms with Crippen LogP contribution in [0.1, 0.15) is 5.76 Å². The van der Waals surface area contributed by atoms with Gasteiger partial charge in [-0.05, 0) is 58.4 Å². The summed E-state index contributed by atoms with van der Waals surface area (Å²) in [5.41, 5.74) is 0.633. The monoisotopic (exact) mass is 460 g/mol. The first-order chi connectivity index (χ1) is 13.6. The molecule has 0 N–H and O–H groups in total. The van der Waals surface area contributed by atoms with Crippen LogP contribution >= 0.6 is 27.5 Å². The zero-order valence-electron chi connectivity index (χ0n) is 14.7. The molecule has 2 heterocycles. The minimum absolute atomic E-state index is 0.254. The quantitative estimate of drug-likeness (QED) is 0.351. The first-order valence-electron chi connectivity index (χ1n) is 8.28. The van der Waals surface area contributed by atoms with Crippen molar-refractivity contribution in [2.45, 2.75) is 6.61 Å². The topological polar surface area (TPSA) is 70.5 Å². The molecular weight excluding hydrogens is 448 g/mol. The average molecular weight is 462 g/mol. The Labute approximate surface area is 174 Å². The van der Waals surface area contributed by atoms with Crippen molar-refractivity contribution in [1.82, 2.24) is 10.1 Å². The van der Waals surface area contributed by atoms with Gasteiger partial charge in [0, 0.05) is 5.02 Å². The fourth-order valence-electron chi connectivity index (χ4n) is 2.57. The van der Waals surface area contributed by atoms with Crippen molar-refractivity contribution in [2.24, 2.45) is 0 Å². The second-order valence-corrected chi connectivity index (χ2v) is 7.04. The highest BCUT2D eigenvalue weighted by Gasteiger charge is 2.17. The maximum absolute atomic E-state index is 6.07.